The summed E-state index contributed by atoms with van der Waals surface area (Å²) in [6.45, 7) is 3.79. The summed E-state index contributed by atoms with van der Waals surface area (Å²) in [6.07, 6.45) is 6.57. The van der Waals surface area contributed by atoms with Crippen LogP contribution in [0.1, 0.15) is 31.2 Å². The van der Waals surface area contributed by atoms with E-state index >= 15 is 0 Å². The van der Waals surface area contributed by atoms with Crippen LogP contribution in [0.15, 0.2) is 60.9 Å². The second-order valence-corrected chi connectivity index (χ2v) is 9.03. The first kappa shape index (κ1) is 25.0. The van der Waals surface area contributed by atoms with Crippen LogP contribution in [-0.2, 0) is 13.1 Å². The van der Waals surface area contributed by atoms with Gasteiger partial charge in [0.25, 0.3) is 0 Å². The first-order valence-electron chi connectivity index (χ1n) is 12.1. The van der Waals surface area contributed by atoms with Crippen LogP contribution in [0.4, 0.5) is 4.39 Å². The standard InChI is InChI=1S/C27H34FN3O4/c1-33-25-10-9-22(19-26(25)34-18-6-16-31-15-5-13-29-31)20-30-14-4-11-27(32,12-17-30)21-35-24-8-3-2-7-23(24)28/h2-3,5,7-10,13,15,19,32H,4,6,11-12,14,16-18,20-21H2,1H3/t27-/m1/s1. The number of nitrogens with zero attached hydrogens (tertiary/aromatic N) is 3. The van der Waals surface area contributed by atoms with Crippen molar-refractivity contribution in [1.29, 1.82) is 0 Å². The molecule has 1 aliphatic rings. The minimum atomic E-state index is -0.972. The Morgan fingerprint density at radius 1 is 1.03 bits per heavy atom. The van der Waals surface area contributed by atoms with Crippen LogP contribution in [0, 0.1) is 5.82 Å². The van der Waals surface area contributed by atoms with Gasteiger partial charge in [-0.2, -0.15) is 5.10 Å². The Bertz CT molecular complexity index is 1060. The molecular formula is C27H34FN3O4. The molecule has 8 heteroatoms. The number of aryl methyl sites for hydroxylation is 1. The zero-order valence-corrected chi connectivity index (χ0v) is 20.2. The number of para-hydroxylation sites is 1. The summed E-state index contributed by atoms with van der Waals surface area (Å²) in [5, 5.41) is 15.3. The number of aliphatic hydroxyl groups is 1. The van der Waals surface area contributed by atoms with Crippen LogP contribution in [-0.4, -0.2) is 58.8 Å². The van der Waals surface area contributed by atoms with Crippen LogP contribution >= 0.6 is 0 Å². The molecule has 2 heterocycles. The van der Waals surface area contributed by atoms with Crippen molar-refractivity contribution in [1.82, 2.24) is 14.7 Å². The van der Waals surface area contributed by atoms with Crippen LogP contribution in [0.2, 0.25) is 0 Å². The van der Waals surface area contributed by atoms with Gasteiger partial charge in [-0.15, -0.1) is 0 Å². The molecule has 35 heavy (non-hydrogen) atoms. The highest BCUT2D eigenvalue weighted by Crippen LogP contribution is 2.30. The van der Waals surface area contributed by atoms with Gasteiger partial charge in [0, 0.05) is 38.4 Å². The lowest BCUT2D eigenvalue weighted by Crippen LogP contribution is -2.37. The third-order valence-electron chi connectivity index (χ3n) is 6.33. The van der Waals surface area contributed by atoms with Gasteiger partial charge in [-0.1, -0.05) is 18.2 Å². The van der Waals surface area contributed by atoms with Crippen molar-refractivity contribution >= 4 is 0 Å². The third kappa shape index (κ3) is 7.19. The predicted octanol–water partition coefficient (Wildman–Crippen LogP) is 4.30. The van der Waals surface area contributed by atoms with Crippen molar-refractivity contribution in [3.05, 3.63) is 72.3 Å². The minimum absolute atomic E-state index is 0.0842. The molecule has 1 fully saturated rings. The van der Waals surface area contributed by atoms with Gasteiger partial charge in [0.2, 0.25) is 0 Å². The minimum Gasteiger partial charge on any atom is -0.493 e. The van der Waals surface area contributed by atoms with Gasteiger partial charge in [-0.3, -0.25) is 9.58 Å². The maximum Gasteiger partial charge on any atom is 0.165 e. The number of methoxy groups -OCH3 is 1. The van der Waals surface area contributed by atoms with Crippen molar-refractivity contribution in [2.24, 2.45) is 0 Å². The summed E-state index contributed by atoms with van der Waals surface area (Å²) >= 11 is 0. The van der Waals surface area contributed by atoms with Crippen LogP contribution < -0.4 is 14.2 Å². The predicted molar refractivity (Wildman–Crippen MR) is 131 cm³/mol. The monoisotopic (exact) mass is 483 g/mol. The molecule has 1 saturated heterocycles. The van der Waals surface area contributed by atoms with Gasteiger partial charge in [-0.25, -0.2) is 4.39 Å². The van der Waals surface area contributed by atoms with Crippen molar-refractivity contribution in [2.45, 2.75) is 44.4 Å². The molecule has 188 valence electrons. The number of hydrogen-bond donors (Lipinski definition) is 1. The largest absolute Gasteiger partial charge is 0.493 e. The Morgan fingerprint density at radius 3 is 2.71 bits per heavy atom. The van der Waals surface area contributed by atoms with Crippen molar-refractivity contribution in [3.8, 4) is 17.2 Å². The highest BCUT2D eigenvalue weighted by Gasteiger charge is 2.31. The molecule has 7 nitrogen and oxygen atoms in total. The molecule has 4 rings (SSSR count). The summed E-state index contributed by atoms with van der Waals surface area (Å²) in [7, 11) is 1.64. The van der Waals surface area contributed by atoms with Gasteiger partial charge in [0.15, 0.2) is 23.1 Å². The van der Waals surface area contributed by atoms with Crippen LogP contribution in [0.5, 0.6) is 17.2 Å². The Morgan fingerprint density at radius 2 is 1.91 bits per heavy atom. The molecule has 0 bridgehead atoms. The molecule has 1 aliphatic heterocycles. The molecule has 2 aromatic carbocycles. The number of hydrogen-bond acceptors (Lipinski definition) is 6. The van der Waals surface area contributed by atoms with Gasteiger partial charge in [0.05, 0.1) is 19.3 Å². The average molecular weight is 484 g/mol. The van der Waals surface area contributed by atoms with Crippen LogP contribution in [0.25, 0.3) is 0 Å². The average Bonchev–Trinajstić information content (AvgIpc) is 3.32. The SMILES string of the molecule is COc1ccc(CN2CCC[C@](O)(COc3ccccc3F)CC2)cc1OCCCn1cccn1. The number of aromatic nitrogens is 2. The van der Waals surface area contributed by atoms with E-state index in [1.165, 1.54) is 6.07 Å². The van der Waals surface area contributed by atoms with Crippen molar-refractivity contribution < 1.29 is 23.7 Å². The van der Waals surface area contributed by atoms with E-state index < -0.39 is 11.4 Å². The van der Waals surface area contributed by atoms with E-state index in [4.69, 9.17) is 14.2 Å². The van der Waals surface area contributed by atoms with E-state index in [0.29, 0.717) is 25.2 Å². The molecule has 0 saturated carbocycles. The second kappa shape index (κ2) is 12.0. The lowest BCUT2D eigenvalue weighted by atomic mass is 9.96. The first-order chi connectivity index (χ1) is 17.0. The normalized spacial score (nSPS) is 18.7. The van der Waals surface area contributed by atoms with Crippen molar-refractivity contribution in [3.63, 3.8) is 0 Å². The molecule has 0 aliphatic carbocycles. The van der Waals surface area contributed by atoms with E-state index in [1.54, 1.807) is 31.5 Å². The lowest BCUT2D eigenvalue weighted by molar-refractivity contribution is -0.0177. The molecule has 0 spiro atoms. The smallest absolute Gasteiger partial charge is 0.165 e. The molecule has 3 aromatic rings. The van der Waals surface area contributed by atoms with E-state index in [-0.39, 0.29) is 12.4 Å². The Kier molecular flexibility index (Phi) is 8.60. The van der Waals surface area contributed by atoms with Crippen molar-refractivity contribution in [2.75, 3.05) is 33.4 Å². The molecule has 0 amide bonds. The Hall–Kier alpha value is -3.10. The molecular weight excluding hydrogens is 449 g/mol. The molecule has 0 radical (unpaired) electrons. The Labute approximate surface area is 206 Å². The summed E-state index contributed by atoms with van der Waals surface area (Å²) < 4.78 is 32.9. The van der Waals surface area contributed by atoms with Gasteiger partial charge in [-0.05, 0) is 61.7 Å². The van der Waals surface area contributed by atoms with Gasteiger partial charge in [0.1, 0.15) is 6.61 Å². The maximum atomic E-state index is 13.9. The van der Waals surface area contributed by atoms with Gasteiger partial charge < -0.3 is 19.3 Å². The highest BCUT2D eigenvalue weighted by atomic mass is 19.1. The second-order valence-electron chi connectivity index (χ2n) is 9.03. The summed E-state index contributed by atoms with van der Waals surface area (Å²) in [5.41, 5.74) is 0.153. The number of halogens is 1. The zero-order chi connectivity index (χ0) is 24.5. The topological polar surface area (TPSA) is 69.0 Å². The van der Waals surface area contributed by atoms with E-state index in [9.17, 15) is 9.50 Å². The number of benzene rings is 2. The molecule has 1 aromatic heterocycles. The highest BCUT2D eigenvalue weighted by molar-refractivity contribution is 5.43. The Balaban J connectivity index is 1.29. The quantitative estimate of drug-likeness (QED) is 0.410. The number of ether oxygens (including phenoxy) is 3. The number of likely N-dealkylation sites (tertiary alicyclic amines) is 1. The van der Waals surface area contributed by atoms with E-state index in [0.717, 1.165) is 50.3 Å². The van der Waals surface area contributed by atoms with Gasteiger partial charge >= 0.3 is 0 Å². The van der Waals surface area contributed by atoms with E-state index in [2.05, 4.69) is 10.00 Å². The summed E-state index contributed by atoms with van der Waals surface area (Å²) in [4.78, 5) is 2.32. The van der Waals surface area contributed by atoms with E-state index in [1.807, 2.05) is 35.1 Å². The lowest BCUT2D eigenvalue weighted by Gasteiger charge is -2.27. The molecule has 1 atom stereocenters. The number of rotatable bonds is 11. The fourth-order valence-corrected chi connectivity index (χ4v) is 4.34. The maximum absolute atomic E-state index is 13.9. The first-order valence-corrected chi connectivity index (χ1v) is 12.1. The zero-order valence-electron chi connectivity index (χ0n) is 20.2. The summed E-state index contributed by atoms with van der Waals surface area (Å²) in [6, 6.07) is 14.2. The molecule has 1 N–H and O–H groups in total. The molecule has 0 unspecified atom stereocenters. The fourth-order valence-electron chi connectivity index (χ4n) is 4.34. The fraction of sp³-hybridized carbons (Fsp3) is 0.444. The summed E-state index contributed by atoms with van der Waals surface area (Å²) in [5.74, 6) is 1.21. The van der Waals surface area contributed by atoms with Crippen LogP contribution in [0.3, 0.4) is 0 Å². The third-order valence-corrected chi connectivity index (χ3v) is 6.33.